The predicted molar refractivity (Wildman–Crippen MR) is 125 cm³/mol. The van der Waals surface area contributed by atoms with Crippen molar-refractivity contribution in [3.8, 4) is 0 Å². The van der Waals surface area contributed by atoms with E-state index in [2.05, 4.69) is 58.7 Å². The van der Waals surface area contributed by atoms with E-state index < -0.39 is 0 Å². The Hall–Kier alpha value is -3.60. The summed E-state index contributed by atoms with van der Waals surface area (Å²) in [7, 11) is 0. The number of nitrogens with one attached hydrogen (secondary N) is 3. The van der Waals surface area contributed by atoms with Crippen molar-refractivity contribution in [1.29, 1.82) is 0 Å². The van der Waals surface area contributed by atoms with Gasteiger partial charge >= 0.3 is 0 Å². The van der Waals surface area contributed by atoms with Gasteiger partial charge in [-0.2, -0.15) is 11.5 Å². The monoisotopic (exact) mass is 416 g/mol. The minimum atomic E-state index is -0.289. The summed E-state index contributed by atoms with van der Waals surface area (Å²) < 4.78 is 0. The molecule has 1 atom stereocenters. The van der Waals surface area contributed by atoms with Crippen molar-refractivity contribution in [3.63, 3.8) is 0 Å². The molecule has 1 fully saturated rings. The van der Waals surface area contributed by atoms with Crippen LogP contribution >= 0.6 is 0 Å². The lowest BCUT2D eigenvalue weighted by atomic mass is 9.90. The second-order valence-electron chi connectivity index (χ2n) is 8.83. The lowest BCUT2D eigenvalue weighted by Crippen LogP contribution is -2.35. The Morgan fingerprint density at radius 3 is 2.97 bits per heavy atom. The third-order valence-electron chi connectivity index (χ3n) is 5.28. The van der Waals surface area contributed by atoms with Gasteiger partial charge in [-0.25, -0.2) is 15.0 Å². The van der Waals surface area contributed by atoms with E-state index in [9.17, 15) is 0 Å². The Morgan fingerprint density at radius 2 is 2.16 bits per heavy atom. The zero-order valence-electron chi connectivity index (χ0n) is 18.2. The number of aliphatic imine (C=N–C) groups is 1. The Bertz CT molecular complexity index is 1120. The van der Waals surface area contributed by atoms with Crippen molar-refractivity contribution < 1.29 is 0 Å². The van der Waals surface area contributed by atoms with Crippen LogP contribution in [0.2, 0.25) is 0 Å². The van der Waals surface area contributed by atoms with E-state index in [0.717, 1.165) is 48.5 Å². The predicted octanol–water partition coefficient (Wildman–Crippen LogP) is 4.33. The van der Waals surface area contributed by atoms with E-state index in [0.29, 0.717) is 11.9 Å². The Labute approximate surface area is 182 Å². The molecule has 2 aromatic heterocycles. The van der Waals surface area contributed by atoms with Crippen LogP contribution < -0.4 is 15.6 Å². The zero-order chi connectivity index (χ0) is 21.8. The first-order valence-corrected chi connectivity index (χ1v) is 10.6. The average molecular weight is 417 g/mol. The summed E-state index contributed by atoms with van der Waals surface area (Å²) in [5, 5.41) is 4.33. The van der Waals surface area contributed by atoms with Gasteiger partial charge in [-0.15, -0.1) is 0 Å². The van der Waals surface area contributed by atoms with Crippen molar-refractivity contribution in [2.75, 3.05) is 23.3 Å². The molecule has 0 spiro atoms. The van der Waals surface area contributed by atoms with Crippen molar-refractivity contribution in [2.45, 2.75) is 45.1 Å². The molecule has 0 aliphatic carbocycles. The molecule has 1 unspecified atom stereocenters. The van der Waals surface area contributed by atoms with Gasteiger partial charge in [0, 0.05) is 30.9 Å². The number of rotatable bonds is 3. The van der Waals surface area contributed by atoms with Crippen LogP contribution in [0, 0.1) is 6.57 Å². The van der Waals surface area contributed by atoms with E-state index in [1.807, 2.05) is 39.1 Å². The van der Waals surface area contributed by atoms with Crippen LogP contribution in [0.3, 0.4) is 0 Å². The van der Waals surface area contributed by atoms with Gasteiger partial charge in [0.05, 0.1) is 10.9 Å². The highest BCUT2D eigenvalue weighted by atomic mass is 15.4. The average Bonchev–Trinajstić information content (AvgIpc) is 3.22. The molecule has 0 amide bonds. The van der Waals surface area contributed by atoms with Gasteiger partial charge in [-0.3, -0.25) is 0 Å². The van der Waals surface area contributed by atoms with E-state index in [4.69, 9.17) is 6.57 Å². The summed E-state index contributed by atoms with van der Waals surface area (Å²) in [6.45, 7) is 15.0. The molecular weight excluding hydrogens is 388 g/mol. The molecule has 3 N–H and O–H groups in total. The van der Waals surface area contributed by atoms with Crippen molar-refractivity contribution >= 4 is 28.5 Å². The molecular formula is C23H28N8. The Morgan fingerprint density at radius 1 is 1.29 bits per heavy atom. The largest absolute Gasteiger partial charge is 0.355 e. The number of hydrogen-bond donors (Lipinski definition) is 3. The maximum absolute atomic E-state index is 7.13. The third-order valence-corrected chi connectivity index (χ3v) is 5.28. The van der Waals surface area contributed by atoms with Gasteiger partial charge in [0.2, 0.25) is 0 Å². The van der Waals surface area contributed by atoms with Crippen molar-refractivity contribution in [3.05, 3.63) is 59.9 Å². The number of aromatic amines is 1. The molecule has 3 heterocycles. The summed E-state index contributed by atoms with van der Waals surface area (Å²) in [6.07, 6.45) is 5.77. The molecule has 8 nitrogen and oxygen atoms in total. The number of benzene rings is 1. The molecule has 160 valence electrons. The molecule has 0 saturated carbocycles. The van der Waals surface area contributed by atoms with Gasteiger partial charge in [-0.05, 0) is 57.4 Å². The highest BCUT2D eigenvalue weighted by molar-refractivity contribution is 5.94. The summed E-state index contributed by atoms with van der Waals surface area (Å²) in [6, 6.07) is 10.4. The lowest BCUT2D eigenvalue weighted by Gasteiger charge is -2.34. The molecule has 31 heavy (non-hydrogen) atoms. The lowest BCUT2D eigenvalue weighted by molar-refractivity contribution is 0.508. The summed E-state index contributed by atoms with van der Waals surface area (Å²) >= 11 is 0. The number of H-pyrrole nitrogens is 1. The number of guanidine groups is 1. The van der Waals surface area contributed by atoms with Crippen LogP contribution in [-0.2, 0) is 0 Å². The zero-order valence-corrected chi connectivity index (χ0v) is 18.2. The van der Waals surface area contributed by atoms with E-state index in [-0.39, 0.29) is 5.54 Å². The maximum Gasteiger partial charge on any atom is 0.267 e. The maximum atomic E-state index is 7.13. The van der Waals surface area contributed by atoms with Crippen LogP contribution in [-0.4, -0.2) is 39.5 Å². The topological polar surface area (TPSA) is 85.6 Å². The highest BCUT2D eigenvalue weighted by Gasteiger charge is 2.24. The smallest absolute Gasteiger partial charge is 0.267 e. The van der Waals surface area contributed by atoms with Gasteiger partial charge in [0.15, 0.2) is 0 Å². The summed E-state index contributed by atoms with van der Waals surface area (Å²) in [4.78, 5) is 22.3. The quantitative estimate of drug-likeness (QED) is 0.256. The molecule has 8 heteroatoms. The third kappa shape index (κ3) is 4.94. The van der Waals surface area contributed by atoms with Crippen LogP contribution in [0.15, 0.2) is 47.8 Å². The molecule has 1 saturated heterocycles. The van der Waals surface area contributed by atoms with Gasteiger partial charge < -0.3 is 15.2 Å². The molecule has 1 aliphatic rings. The summed E-state index contributed by atoms with van der Waals surface area (Å²) in [5.41, 5.74) is 5.41. The van der Waals surface area contributed by atoms with Gasteiger partial charge in [-0.1, -0.05) is 17.6 Å². The number of fused-ring (bicyclic) bond motifs is 1. The minimum absolute atomic E-state index is 0.289. The molecule has 1 aromatic carbocycles. The van der Waals surface area contributed by atoms with Gasteiger partial charge in [0.25, 0.3) is 5.96 Å². The van der Waals surface area contributed by atoms with Crippen molar-refractivity contribution in [1.82, 2.24) is 20.4 Å². The number of aromatic nitrogens is 3. The number of hydrogen-bond acceptors (Lipinski definition) is 4. The van der Waals surface area contributed by atoms with E-state index in [1.54, 1.807) is 6.33 Å². The number of anilines is 2. The molecule has 0 bridgehead atoms. The first kappa shape index (κ1) is 20.7. The molecule has 3 aromatic rings. The van der Waals surface area contributed by atoms with Crippen molar-refractivity contribution in [2.24, 2.45) is 4.99 Å². The Balaban J connectivity index is 1.54. The second-order valence-corrected chi connectivity index (χ2v) is 8.83. The molecule has 1 aliphatic heterocycles. The minimum Gasteiger partial charge on any atom is -0.355 e. The first-order chi connectivity index (χ1) is 14.9. The summed E-state index contributed by atoms with van der Waals surface area (Å²) in [5.74, 6) is 1.85. The van der Waals surface area contributed by atoms with Crippen LogP contribution in [0.5, 0.6) is 0 Å². The van der Waals surface area contributed by atoms with Crippen LogP contribution in [0.25, 0.3) is 16.0 Å². The molecule has 0 radical (unpaired) electrons. The normalized spacial score (nSPS) is 17.4. The fraction of sp³-hybridized carbons (Fsp3) is 0.391. The van der Waals surface area contributed by atoms with E-state index >= 15 is 0 Å². The number of nitrogens with zero attached hydrogens (tertiary/aromatic N) is 5. The Kier molecular flexibility index (Phi) is 5.76. The van der Waals surface area contributed by atoms with Crippen LogP contribution in [0.1, 0.15) is 45.1 Å². The fourth-order valence-electron chi connectivity index (χ4n) is 4.03. The SMILES string of the molecule is [C-]#[N+]NC(=NC(C)(C)C)Nc1cccc(C2CCCN(c3ncnc4[nH]ccc34)C2)c1. The fourth-order valence-corrected chi connectivity index (χ4v) is 4.03. The highest BCUT2D eigenvalue weighted by Crippen LogP contribution is 2.32. The van der Waals surface area contributed by atoms with Gasteiger partial charge in [0.1, 0.15) is 17.8 Å². The van der Waals surface area contributed by atoms with E-state index in [1.165, 1.54) is 5.56 Å². The number of piperidine rings is 1. The second kappa shape index (κ2) is 8.64. The first-order valence-electron chi connectivity index (χ1n) is 10.6. The molecule has 4 rings (SSSR count). The van der Waals surface area contributed by atoms with Crippen LogP contribution in [0.4, 0.5) is 11.5 Å². The standard InChI is InChI=1S/C23H28N8/c1-23(2,3)29-22(30-24-4)28-18-9-5-7-16(13-18)17-8-6-12-31(14-17)21-19-10-11-25-20(19)26-15-27-21/h5,7,9-11,13,15,17H,6,8,12,14H2,1-3H3,(H,25,26,27)(H2,28,29,30).